The molecule has 12 nitrogen and oxygen atoms in total. The van der Waals surface area contributed by atoms with Crippen LogP contribution in [0.15, 0.2) is 30.6 Å². The summed E-state index contributed by atoms with van der Waals surface area (Å²) >= 11 is 0. The van der Waals surface area contributed by atoms with E-state index >= 15 is 0 Å². The second kappa shape index (κ2) is 7.66. The Morgan fingerprint density at radius 3 is 2.90 bits per heavy atom. The van der Waals surface area contributed by atoms with Gasteiger partial charge in [-0.05, 0) is 19.4 Å². The number of nitrogen functional groups attached to an aromatic ring is 1. The van der Waals surface area contributed by atoms with Crippen LogP contribution in [0.2, 0.25) is 0 Å². The van der Waals surface area contributed by atoms with Crippen molar-refractivity contribution in [2.75, 3.05) is 11.2 Å². The van der Waals surface area contributed by atoms with Gasteiger partial charge < -0.3 is 30.8 Å². The summed E-state index contributed by atoms with van der Waals surface area (Å²) in [5, 5.41) is 20.4. The van der Waals surface area contributed by atoms with E-state index in [1.807, 2.05) is 6.08 Å². The second-order valence-corrected chi connectivity index (χ2v) is 6.70. The number of aliphatic hydroxyl groups is 2. The van der Waals surface area contributed by atoms with Crippen molar-refractivity contribution in [2.45, 2.75) is 44.3 Å². The number of hydrogen-bond acceptors (Lipinski definition) is 11. The van der Waals surface area contributed by atoms with Crippen LogP contribution in [0, 0.1) is 0 Å². The lowest BCUT2D eigenvalue weighted by atomic mass is 10.1. The molecule has 0 aromatic carbocycles. The van der Waals surface area contributed by atoms with E-state index in [-0.39, 0.29) is 17.4 Å². The Hall–Kier alpha value is -3.22. The lowest BCUT2D eigenvalue weighted by Crippen LogP contribution is -2.34. The zero-order valence-electron chi connectivity index (χ0n) is 15.5. The zero-order chi connectivity index (χ0) is 20.5. The highest BCUT2D eigenvalue weighted by atomic mass is 16.6. The second-order valence-electron chi connectivity index (χ2n) is 6.70. The highest BCUT2D eigenvalue weighted by Crippen LogP contribution is 2.32. The highest BCUT2D eigenvalue weighted by Gasteiger charge is 2.46. The molecule has 1 saturated heterocycles. The summed E-state index contributed by atoms with van der Waals surface area (Å²) in [4.78, 5) is 24.3. The van der Waals surface area contributed by atoms with Crippen LogP contribution in [0.1, 0.15) is 26.0 Å². The van der Waals surface area contributed by atoms with Crippen LogP contribution < -0.4 is 16.6 Å². The first-order valence-corrected chi connectivity index (χ1v) is 9.00. The molecule has 0 aliphatic carbocycles. The number of Topliss-reactive ketones (excluding diaryl/α,β-unsaturated/α-hetero) is 1. The average Bonchev–Trinajstić information content (AvgIpc) is 3.25. The predicted molar refractivity (Wildman–Crippen MR) is 101 cm³/mol. The number of hydrazine groups is 1. The molecule has 2 aliphatic heterocycles. The minimum atomic E-state index is -1.36. The lowest BCUT2D eigenvalue weighted by Gasteiger charge is -2.16. The van der Waals surface area contributed by atoms with E-state index in [0.717, 1.165) is 18.6 Å². The van der Waals surface area contributed by atoms with Gasteiger partial charge in [-0.2, -0.15) is 9.97 Å². The number of rotatable bonds is 5. The lowest BCUT2D eigenvalue weighted by molar-refractivity contribution is -0.133. The molecule has 0 radical (unpaired) electrons. The van der Waals surface area contributed by atoms with E-state index in [9.17, 15) is 15.0 Å². The topological polar surface area (TPSA) is 170 Å². The predicted octanol–water partition coefficient (Wildman–Crippen LogP) is -0.301. The molecule has 4 atom stereocenters. The van der Waals surface area contributed by atoms with Crippen molar-refractivity contribution in [1.29, 1.82) is 0 Å². The van der Waals surface area contributed by atoms with Crippen molar-refractivity contribution in [3.05, 3.63) is 30.6 Å². The summed E-state index contributed by atoms with van der Waals surface area (Å²) in [6.45, 7) is 1.28. The number of fused-ring (bicyclic) bond motifs is 1. The molecule has 2 aliphatic rings. The van der Waals surface area contributed by atoms with Gasteiger partial charge in [-0.1, -0.05) is 0 Å². The number of allylic oxidation sites excluding steroid dienone is 2. The molecular weight excluding hydrogens is 382 g/mol. The molecule has 1 fully saturated rings. The standard InChI is InChI=1S/C17H21N7O5/c1-8(25)13-11(26)12(27)16(29-13)24-7-19-10-14(18)21-17(22-15(10)24)23-20-6-9-4-2-3-5-28-9/h3,5-7,11-13,16,20,26-27H,2,4H2,1H3,(H3,18,21,22,23)/t11-,12+,13+,16+/m0/s1. The van der Waals surface area contributed by atoms with E-state index in [4.69, 9.17) is 15.2 Å². The Morgan fingerprint density at radius 2 is 2.21 bits per heavy atom. The molecule has 6 N–H and O–H groups in total. The van der Waals surface area contributed by atoms with Gasteiger partial charge in [0.1, 0.15) is 29.6 Å². The largest absolute Gasteiger partial charge is 0.468 e. The van der Waals surface area contributed by atoms with Crippen LogP contribution in [0.5, 0.6) is 0 Å². The number of nitrogens with two attached hydrogens (primary N) is 1. The molecular formula is C17H21N7O5. The smallest absolute Gasteiger partial charge is 0.245 e. The van der Waals surface area contributed by atoms with E-state index in [0.29, 0.717) is 5.52 Å². The van der Waals surface area contributed by atoms with Gasteiger partial charge in [0.15, 0.2) is 23.5 Å². The van der Waals surface area contributed by atoms with Gasteiger partial charge >= 0.3 is 0 Å². The van der Waals surface area contributed by atoms with Gasteiger partial charge in [0, 0.05) is 6.42 Å². The average molecular weight is 403 g/mol. The molecule has 4 rings (SSSR count). The fraction of sp³-hybridized carbons (Fsp3) is 0.412. The molecule has 0 unspecified atom stereocenters. The molecule has 29 heavy (non-hydrogen) atoms. The van der Waals surface area contributed by atoms with Gasteiger partial charge in [0.05, 0.1) is 18.8 Å². The number of aromatic nitrogens is 4. The number of anilines is 2. The number of carbonyl (C=O) groups is 1. The van der Waals surface area contributed by atoms with E-state index in [2.05, 4.69) is 25.8 Å². The Kier molecular flexibility index (Phi) is 5.05. The molecule has 0 bridgehead atoms. The van der Waals surface area contributed by atoms with Crippen LogP contribution >= 0.6 is 0 Å². The summed E-state index contributed by atoms with van der Waals surface area (Å²) in [6, 6.07) is 0. The number of hydrogen-bond donors (Lipinski definition) is 5. The first kappa shape index (κ1) is 19.1. The molecule has 2 aromatic rings. The van der Waals surface area contributed by atoms with Gasteiger partial charge in [-0.25, -0.2) is 4.98 Å². The molecule has 2 aromatic heterocycles. The maximum Gasteiger partial charge on any atom is 0.245 e. The fourth-order valence-electron chi connectivity index (χ4n) is 3.18. The normalized spacial score (nSPS) is 27.9. The monoisotopic (exact) mass is 403 g/mol. The van der Waals surface area contributed by atoms with Crippen molar-refractivity contribution in [3.63, 3.8) is 0 Å². The molecule has 0 amide bonds. The van der Waals surface area contributed by atoms with E-state index < -0.39 is 30.3 Å². The number of nitrogens with zero attached hydrogens (tertiary/aromatic N) is 4. The third-order valence-electron chi connectivity index (χ3n) is 4.65. The molecule has 0 spiro atoms. The van der Waals surface area contributed by atoms with E-state index in [1.165, 1.54) is 17.8 Å². The van der Waals surface area contributed by atoms with E-state index in [1.54, 1.807) is 12.5 Å². The van der Waals surface area contributed by atoms with Crippen molar-refractivity contribution >= 4 is 28.7 Å². The highest BCUT2D eigenvalue weighted by molar-refractivity contribution is 5.83. The van der Waals surface area contributed by atoms with Crippen LogP contribution in [-0.2, 0) is 14.3 Å². The van der Waals surface area contributed by atoms with Crippen LogP contribution in [-0.4, -0.2) is 53.8 Å². The minimum absolute atomic E-state index is 0.110. The number of ether oxygens (including phenoxy) is 2. The summed E-state index contributed by atoms with van der Waals surface area (Å²) in [5.41, 5.74) is 12.2. The number of ketones is 1. The van der Waals surface area contributed by atoms with Crippen molar-refractivity contribution in [1.82, 2.24) is 24.9 Å². The Morgan fingerprint density at radius 1 is 1.38 bits per heavy atom. The van der Waals surface area contributed by atoms with Crippen molar-refractivity contribution in [2.24, 2.45) is 0 Å². The third-order valence-corrected chi connectivity index (χ3v) is 4.65. The summed E-state index contributed by atoms with van der Waals surface area (Å²) in [5.74, 6) is 0.609. The summed E-state index contributed by atoms with van der Waals surface area (Å²) in [6.07, 6.45) is 3.31. The van der Waals surface area contributed by atoms with Gasteiger partial charge in [-0.15, -0.1) is 0 Å². The Balaban J connectivity index is 1.58. The quantitative estimate of drug-likeness (QED) is 0.415. The molecule has 0 saturated carbocycles. The van der Waals surface area contributed by atoms with Crippen LogP contribution in [0.3, 0.4) is 0 Å². The van der Waals surface area contributed by atoms with Crippen molar-refractivity contribution < 1.29 is 24.5 Å². The first-order chi connectivity index (χ1) is 14.0. The number of aliphatic hydroxyl groups excluding tert-OH is 2. The molecule has 4 heterocycles. The van der Waals surface area contributed by atoms with Gasteiger partial charge in [0.2, 0.25) is 5.95 Å². The van der Waals surface area contributed by atoms with Crippen LogP contribution in [0.25, 0.3) is 11.2 Å². The van der Waals surface area contributed by atoms with Crippen LogP contribution in [0.4, 0.5) is 11.8 Å². The summed E-state index contributed by atoms with van der Waals surface area (Å²) < 4.78 is 12.3. The van der Waals surface area contributed by atoms with Crippen molar-refractivity contribution in [3.8, 4) is 0 Å². The third kappa shape index (κ3) is 3.60. The number of nitrogens with one attached hydrogen (secondary N) is 2. The molecule has 12 heteroatoms. The Labute approximate surface area is 165 Å². The Bertz CT molecular complexity index is 988. The maximum absolute atomic E-state index is 11.6. The number of carbonyl (C=O) groups excluding carboxylic acids is 1. The zero-order valence-corrected chi connectivity index (χ0v) is 15.5. The molecule has 154 valence electrons. The van der Waals surface area contributed by atoms with Gasteiger partial charge in [-0.3, -0.25) is 14.8 Å². The SMILES string of the molecule is CC(=O)[C@H]1O[C@@H](n2cnc3c(N)nc(NNC=C4CCC=CO4)nc32)[C@H](O)[C@@H]1O. The maximum atomic E-state index is 11.6. The summed E-state index contributed by atoms with van der Waals surface area (Å²) in [7, 11) is 0. The minimum Gasteiger partial charge on any atom is -0.468 e. The fourth-order valence-corrected chi connectivity index (χ4v) is 3.18. The number of imidazole rings is 1. The van der Waals surface area contributed by atoms with Gasteiger partial charge in [0.25, 0.3) is 0 Å². The first-order valence-electron chi connectivity index (χ1n) is 9.00.